The van der Waals surface area contributed by atoms with Gasteiger partial charge in [0.1, 0.15) is 0 Å². The van der Waals surface area contributed by atoms with Gasteiger partial charge in [-0.25, -0.2) is 4.98 Å². The number of piperidine rings is 1. The lowest BCUT2D eigenvalue weighted by molar-refractivity contribution is -0.136. The van der Waals surface area contributed by atoms with Crippen LogP contribution in [0.3, 0.4) is 0 Å². The third kappa shape index (κ3) is 5.98. The molecule has 2 aromatic carbocycles. The minimum atomic E-state index is -1.06. The van der Waals surface area contributed by atoms with Crippen LogP contribution in [-0.2, 0) is 20.8 Å². The average Bonchev–Trinajstić information content (AvgIpc) is 3.46. The van der Waals surface area contributed by atoms with E-state index in [9.17, 15) is 14.7 Å². The molecule has 8 heteroatoms. The Balaban J connectivity index is 1.19. The van der Waals surface area contributed by atoms with Gasteiger partial charge in [-0.1, -0.05) is 55.5 Å². The molecule has 3 aromatic rings. The topological polar surface area (TPSA) is 93.9 Å². The molecular weight excluding hydrogens is 470 g/mol. The van der Waals surface area contributed by atoms with Gasteiger partial charge in [0, 0.05) is 36.7 Å². The Kier molecular flexibility index (Phi) is 7.50. The molecule has 0 bridgehead atoms. The quantitative estimate of drug-likeness (QED) is 0.531. The minimum absolute atomic E-state index is 0.0947. The summed E-state index contributed by atoms with van der Waals surface area (Å²) >= 11 is 0. The molecule has 1 aromatic heterocycles. The third-order valence-electron chi connectivity index (χ3n) is 7.32. The lowest BCUT2D eigenvalue weighted by atomic mass is 9.90. The van der Waals surface area contributed by atoms with Gasteiger partial charge < -0.3 is 19.5 Å². The smallest absolute Gasteiger partial charge is 0.253 e. The highest BCUT2D eigenvalue weighted by atomic mass is 16.7. The summed E-state index contributed by atoms with van der Waals surface area (Å²) in [6, 6.07) is 19.1. The summed E-state index contributed by atoms with van der Waals surface area (Å²) < 4.78 is 12.6. The Morgan fingerprint density at radius 3 is 2.51 bits per heavy atom. The zero-order valence-electron chi connectivity index (χ0n) is 21.1. The van der Waals surface area contributed by atoms with Crippen LogP contribution < -0.4 is 5.56 Å². The van der Waals surface area contributed by atoms with E-state index in [1.165, 1.54) is 17.0 Å². The van der Waals surface area contributed by atoms with Crippen LogP contribution >= 0.6 is 0 Å². The highest BCUT2D eigenvalue weighted by Crippen LogP contribution is 2.28. The van der Waals surface area contributed by atoms with Crippen LogP contribution in [0.25, 0.3) is 11.3 Å². The van der Waals surface area contributed by atoms with Crippen molar-refractivity contribution in [2.75, 3.05) is 26.3 Å². The Labute approximate surface area is 216 Å². The van der Waals surface area contributed by atoms with E-state index in [0.29, 0.717) is 51.3 Å². The number of carbonyl (C=O) groups is 1. The van der Waals surface area contributed by atoms with Gasteiger partial charge in [-0.3, -0.25) is 14.2 Å². The van der Waals surface area contributed by atoms with Crippen molar-refractivity contribution in [3.63, 3.8) is 0 Å². The normalized spacial score (nSPS) is 18.6. The number of rotatable bonds is 7. The Morgan fingerprint density at radius 2 is 1.81 bits per heavy atom. The minimum Gasteiger partial charge on any atom is -0.388 e. The fourth-order valence-electron chi connectivity index (χ4n) is 5.04. The van der Waals surface area contributed by atoms with Crippen LogP contribution in [-0.4, -0.2) is 57.4 Å². The van der Waals surface area contributed by atoms with Crippen molar-refractivity contribution in [2.24, 2.45) is 0 Å². The summed E-state index contributed by atoms with van der Waals surface area (Å²) in [5, 5.41) is 11.2. The van der Waals surface area contributed by atoms with Crippen LogP contribution in [0.15, 0.2) is 71.8 Å². The number of hydrogen-bond acceptors (Lipinski definition) is 6. The number of likely N-dealkylation sites (tertiary alicyclic amines) is 1. The third-order valence-corrected chi connectivity index (χ3v) is 7.32. The SMILES string of the molecule is C[C@H](CC(=O)N1CCC(O)(Cn2cnc(-c3cccc(C4OCCO4)c3)cc2=O)CC1)c1ccccc1. The lowest BCUT2D eigenvalue weighted by Gasteiger charge is -2.38. The van der Waals surface area contributed by atoms with Crippen LogP contribution in [0.5, 0.6) is 0 Å². The van der Waals surface area contributed by atoms with Crippen molar-refractivity contribution >= 4 is 5.91 Å². The van der Waals surface area contributed by atoms with Crippen LogP contribution in [0.4, 0.5) is 0 Å². The van der Waals surface area contributed by atoms with Gasteiger partial charge in [0.2, 0.25) is 5.91 Å². The monoisotopic (exact) mass is 503 g/mol. The predicted molar refractivity (Wildman–Crippen MR) is 139 cm³/mol. The first-order valence-electron chi connectivity index (χ1n) is 12.9. The Morgan fingerprint density at radius 1 is 1.08 bits per heavy atom. The number of amides is 1. The summed E-state index contributed by atoms with van der Waals surface area (Å²) in [5.74, 6) is 0.230. The van der Waals surface area contributed by atoms with Gasteiger partial charge in [0.05, 0.1) is 37.4 Å². The molecule has 0 unspecified atom stereocenters. The second-order valence-electron chi connectivity index (χ2n) is 10.1. The predicted octanol–water partition coefficient (Wildman–Crippen LogP) is 3.50. The summed E-state index contributed by atoms with van der Waals surface area (Å²) in [5.41, 5.74) is 2.09. The van der Waals surface area contributed by atoms with Crippen molar-refractivity contribution < 1.29 is 19.4 Å². The lowest BCUT2D eigenvalue weighted by Crippen LogP contribution is -2.49. The van der Waals surface area contributed by atoms with E-state index in [0.717, 1.165) is 16.7 Å². The zero-order chi connectivity index (χ0) is 25.8. The molecule has 8 nitrogen and oxygen atoms in total. The number of ether oxygens (including phenoxy) is 2. The largest absolute Gasteiger partial charge is 0.388 e. The standard InChI is InChI=1S/C29H33N3O5/c1-21(22-6-3-2-4-7-22)16-26(33)31-12-10-29(35,11-13-31)19-32-20-30-25(18-27(32)34)23-8-5-9-24(17-23)28-36-14-15-37-28/h2-9,17-18,20-21,28,35H,10-16,19H2,1H3/t21-/m1/s1. The maximum atomic E-state index is 12.9. The van der Waals surface area contributed by atoms with E-state index >= 15 is 0 Å². The van der Waals surface area contributed by atoms with E-state index in [4.69, 9.17) is 9.47 Å². The molecule has 2 aliphatic heterocycles. The molecular formula is C29H33N3O5. The molecule has 1 amide bonds. The number of carbonyl (C=O) groups excluding carboxylic acids is 1. The molecule has 0 radical (unpaired) electrons. The molecule has 1 atom stereocenters. The van der Waals surface area contributed by atoms with E-state index in [2.05, 4.69) is 11.9 Å². The van der Waals surface area contributed by atoms with Crippen LogP contribution in [0, 0.1) is 0 Å². The fourth-order valence-corrected chi connectivity index (χ4v) is 5.04. The summed E-state index contributed by atoms with van der Waals surface area (Å²) in [7, 11) is 0. The Hall–Kier alpha value is -3.33. The maximum Gasteiger partial charge on any atom is 0.253 e. The van der Waals surface area contributed by atoms with Crippen LogP contribution in [0.2, 0.25) is 0 Å². The number of benzene rings is 2. The van der Waals surface area contributed by atoms with Gasteiger partial charge >= 0.3 is 0 Å². The van der Waals surface area contributed by atoms with E-state index in [1.807, 2.05) is 59.5 Å². The Bertz CT molecular complexity index is 1280. The highest BCUT2D eigenvalue weighted by molar-refractivity contribution is 5.77. The second kappa shape index (κ2) is 11.0. The molecule has 0 saturated carbocycles. The van der Waals surface area contributed by atoms with Gasteiger partial charge in [-0.05, 0) is 30.4 Å². The van der Waals surface area contributed by atoms with Gasteiger partial charge in [-0.2, -0.15) is 0 Å². The molecule has 194 valence electrons. The molecule has 0 aliphatic carbocycles. The van der Waals surface area contributed by atoms with E-state index in [1.54, 1.807) is 0 Å². The number of aromatic nitrogens is 2. The fraction of sp³-hybridized carbons (Fsp3) is 0.414. The van der Waals surface area contributed by atoms with Gasteiger partial charge in [0.15, 0.2) is 6.29 Å². The molecule has 1 N–H and O–H groups in total. The van der Waals surface area contributed by atoms with Crippen molar-refractivity contribution in [3.8, 4) is 11.3 Å². The van der Waals surface area contributed by atoms with Crippen molar-refractivity contribution in [1.82, 2.24) is 14.5 Å². The summed E-state index contributed by atoms with van der Waals surface area (Å²) in [6.45, 7) is 4.26. The van der Waals surface area contributed by atoms with E-state index < -0.39 is 11.9 Å². The molecule has 2 fully saturated rings. The van der Waals surface area contributed by atoms with Crippen LogP contribution in [0.1, 0.15) is 49.5 Å². The van der Waals surface area contributed by atoms with E-state index in [-0.39, 0.29) is 23.9 Å². The first-order chi connectivity index (χ1) is 17.9. The molecule has 37 heavy (non-hydrogen) atoms. The molecule has 2 aliphatic rings. The first kappa shape index (κ1) is 25.3. The molecule has 3 heterocycles. The second-order valence-corrected chi connectivity index (χ2v) is 10.1. The van der Waals surface area contributed by atoms with Crippen molar-refractivity contribution in [1.29, 1.82) is 0 Å². The van der Waals surface area contributed by atoms with Gasteiger partial charge in [0.25, 0.3) is 5.56 Å². The maximum absolute atomic E-state index is 12.9. The summed E-state index contributed by atoms with van der Waals surface area (Å²) in [6.07, 6.45) is 2.36. The van der Waals surface area contributed by atoms with Crippen molar-refractivity contribution in [2.45, 2.75) is 50.5 Å². The number of aliphatic hydroxyl groups is 1. The number of nitrogens with zero attached hydrogens (tertiary/aromatic N) is 3. The molecule has 2 saturated heterocycles. The summed E-state index contributed by atoms with van der Waals surface area (Å²) in [4.78, 5) is 32.1. The average molecular weight is 504 g/mol. The highest BCUT2D eigenvalue weighted by Gasteiger charge is 2.35. The molecule has 5 rings (SSSR count). The zero-order valence-corrected chi connectivity index (χ0v) is 21.1. The molecule has 0 spiro atoms. The number of hydrogen-bond donors (Lipinski definition) is 1. The first-order valence-corrected chi connectivity index (χ1v) is 12.9. The van der Waals surface area contributed by atoms with Crippen molar-refractivity contribution in [3.05, 3.63) is 88.5 Å². The van der Waals surface area contributed by atoms with Gasteiger partial charge in [-0.15, -0.1) is 0 Å².